The topological polar surface area (TPSA) is 49.8 Å². The number of aliphatic hydroxyl groups excluding tert-OH is 1. The Kier molecular flexibility index (Phi) is 15.5. The molecule has 4 nitrogen and oxygen atoms in total. The van der Waals surface area contributed by atoms with Crippen LogP contribution in [-0.2, 0) is 9.53 Å². The molecule has 1 heterocycles. The van der Waals surface area contributed by atoms with Gasteiger partial charge in [-0.1, -0.05) is 84.5 Å². The SMILES string of the molecule is CCCCCCCCCC(CCCCCC)C(=O)OC1CCC2(CCN(CCCCO)CC2)C1. The van der Waals surface area contributed by atoms with Crippen LogP contribution in [0.15, 0.2) is 0 Å². The molecule has 0 aromatic heterocycles. The number of nitrogens with zero attached hydrogens (tertiary/aromatic N) is 1. The maximum atomic E-state index is 13.2. The molecule has 2 rings (SSSR count). The van der Waals surface area contributed by atoms with Gasteiger partial charge >= 0.3 is 5.97 Å². The van der Waals surface area contributed by atoms with Gasteiger partial charge in [0.15, 0.2) is 0 Å². The van der Waals surface area contributed by atoms with Gasteiger partial charge in [0.2, 0.25) is 0 Å². The molecule has 0 bridgehead atoms. The third kappa shape index (κ3) is 11.4. The number of carbonyl (C=O) groups excluding carboxylic acids is 1. The Morgan fingerprint density at radius 2 is 1.44 bits per heavy atom. The number of hydrogen-bond acceptors (Lipinski definition) is 4. The minimum Gasteiger partial charge on any atom is -0.462 e. The minimum atomic E-state index is 0.117. The van der Waals surface area contributed by atoms with Crippen molar-refractivity contribution < 1.29 is 14.6 Å². The van der Waals surface area contributed by atoms with Crippen molar-refractivity contribution in [2.24, 2.45) is 11.3 Å². The summed E-state index contributed by atoms with van der Waals surface area (Å²) in [5.41, 5.74) is 0.410. The fraction of sp³-hybridized carbons (Fsp3) is 0.967. The number of carbonyl (C=O) groups is 1. The van der Waals surface area contributed by atoms with E-state index < -0.39 is 0 Å². The van der Waals surface area contributed by atoms with Gasteiger partial charge in [-0.3, -0.25) is 4.79 Å². The van der Waals surface area contributed by atoms with E-state index in [4.69, 9.17) is 9.84 Å². The lowest BCUT2D eigenvalue weighted by Crippen LogP contribution is -2.39. The number of hydrogen-bond donors (Lipinski definition) is 1. The largest absolute Gasteiger partial charge is 0.462 e. The Morgan fingerprint density at radius 3 is 2.06 bits per heavy atom. The molecule has 1 N–H and O–H groups in total. The van der Waals surface area contributed by atoms with Crippen LogP contribution in [0, 0.1) is 11.3 Å². The standard InChI is InChI=1S/C30H57NO3/c1-3-5-7-9-10-11-13-17-27(16-12-8-6-4-2)29(33)34-28-18-19-30(26-28)20-23-31(24-21-30)22-14-15-25-32/h27-28,32H,3-26H2,1-2H3. The monoisotopic (exact) mass is 479 g/mol. The molecule has 0 amide bonds. The first-order valence-corrected chi connectivity index (χ1v) is 15.2. The molecule has 1 aliphatic heterocycles. The molecular formula is C30H57NO3. The zero-order valence-corrected chi connectivity index (χ0v) is 22.8. The Morgan fingerprint density at radius 1 is 0.853 bits per heavy atom. The van der Waals surface area contributed by atoms with Crippen LogP contribution in [0.4, 0.5) is 0 Å². The number of likely N-dealkylation sites (tertiary alicyclic amines) is 1. The molecule has 34 heavy (non-hydrogen) atoms. The lowest BCUT2D eigenvalue weighted by Gasteiger charge is -2.39. The van der Waals surface area contributed by atoms with Crippen molar-refractivity contribution in [2.45, 2.75) is 148 Å². The summed E-state index contributed by atoms with van der Waals surface area (Å²) < 4.78 is 6.19. The number of rotatable bonds is 19. The first kappa shape index (κ1) is 29.6. The highest BCUT2D eigenvalue weighted by Crippen LogP contribution is 2.47. The number of piperidine rings is 1. The van der Waals surface area contributed by atoms with Gasteiger partial charge in [0.05, 0.1) is 5.92 Å². The lowest BCUT2D eigenvalue weighted by molar-refractivity contribution is -0.154. The van der Waals surface area contributed by atoms with Crippen LogP contribution in [-0.4, -0.2) is 48.3 Å². The van der Waals surface area contributed by atoms with E-state index >= 15 is 0 Å². The molecule has 0 aromatic carbocycles. The summed E-state index contributed by atoms with van der Waals surface area (Å²) in [7, 11) is 0. The van der Waals surface area contributed by atoms with Crippen LogP contribution in [0.3, 0.4) is 0 Å². The van der Waals surface area contributed by atoms with E-state index in [9.17, 15) is 4.79 Å². The van der Waals surface area contributed by atoms with E-state index in [1.807, 2.05) is 0 Å². The molecule has 1 saturated heterocycles. The smallest absolute Gasteiger partial charge is 0.309 e. The zero-order valence-electron chi connectivity index (χ0n) is 22.8. The first-order chi connectivity index (χ1) is 16.6. The molecule has 2 aliphatic rings. The van der Waals surface area contributed by atoms with Gasteiger partial charge in [-0.2, -0.15) is 0 Å². The number of ether oxygens (including phenoxy) is 1. The summed E-state index contributed by atoms with van der Waals surface area (Å²) in [4.78, 5) is 15.8. The van der Waals surface area contributed by atoms with Crippen LogP contribution in [0.2, 0.25) is 0 Å². The van der Waals surface area contributed by atoms with Crippen molar-refractivity contribution in [2.75, 3.05) is 26.2 Å². The summed E-state index contributed by atoms with van der Waals surface area (Å²) in [5.74, 6) is 0.239. The highest BCUT2D eigenvalue weighted by Gasteiger charge is 2.43. The molecule has 2 fully saturated rings. The summed E-state index contributed by atoms with van der Waals surface area (Å²) in [6, 6.07) is 0. The van der Waals surface area contributed by atoms with E-state index in [1.165, 1.54) is 103 Å². The average molecular weight is 480 g/mol. The average Bonchev–Trinajstić information content (AvgIpc) is 3.23. The van der Waals surface area contributed by atoms with E-state index in [1.54, 1.807) is 0 Å². The van der Waals surface area contributed by atoms with Crippen molar-refractivity contribution in [1.29, 1.82) is 0 Å². The number of aliphatic hydroxyl groups is 1. The second-order valence-corrected chi connectivity index (χ2v) is 11.5. The molecule has 2 atom stereocenters. The summed E-state index contributed by atoms with van der Waals surface area (Å²) >= 11 is 0. The third-order valence-corrected chi connectivity index (χ3v) is 8.63. The molecule has 0 aromatic rings. The van der Waals surface area contributed by atoms with E-state index in [2.05, 4.69) is 18.7 Å². The van der Waals surface area contributed by atoms with Crippen molar-refractivity contribution in [1.82, 2.24) is 4.90 Å². The fourth-order valence-corrected chi connectivity index (χ4v) is 6.21. The normalized spacial score (nSPS) is 21.2. The zero-order chi connectivity index (χ0) is 24.5. The van der Waals surface area contributed by atoms with Crippen molar-refractivity contribution in [3.05, 3.63) is 0 Å². The quantitative estimate of drug-likeness (QED) is 0.153. The Hall–Kier alpha value is -0.610. The van der Waals surface area contributed by atoms with Crippen molar-refractivity contribution in [3.63, 3.8) is 0 Å². The van der Waals surface area contributed by atoms with Crippen molar-refractivity contribution in [3.8, 4) is 0 Å². The summed E-state index contributed by atoms with van der Waals surface area (Å²) in [6.07, 6.45) is 24.2. The molecule has 4 heteroatoms. The maximum absolute atomic E-state index is 13.2. The summed E-state index contributed by atoms with van der Waals surface area (Å²) in [6.45, 7) is 8.29. The van der Waals surface area contributed by atoms with Gasteiger partial charge in [-0.15, -0.1) is 0 Å². The molecule has 1 saturated carbocycles. The Bertz CT molecular complexity index is 515. The van der Waals surface area contributed by atoms with Crippen LogP contribution >= 0.6 is 0 Å². The highest BCUT2D eigenvalue weighted by atomic mass is 16.5. The molecule has 0 radical (unpaired) electrons. The van der Waals surface area contributed by atoms with Crippen LogP contribution in [0.25, 0.3) is 0 Å². The van der Waals surface area contributed by atoms with Crippen molar-refractivity contribution >= 4 is 5.97 Å². The van der Waals surface area contributed by atoms with E-state index in [0.29, 0.717) is 12.0 Å². The van der Waals surface area contributed by atoms with Gasteiger partial charge in [0.1, 0.15) is 6.10 Å². The number of esters is 1. The first-order valence-electron chi connectivity index (χ1n) is 15.2. The van der Waals surface area contributed by atoms with Gasteiger partial charge in [-0.05, 0) is 82.8 Å². The van der Waals surface area contributed by atoms with Crippen LogP contribution < -0.4 is 0 Å². The molecule has 1 spiro atoms. The third-order valence-electron chi connectivity index (χ3n) is 8.63. The second-order valence-electron chi connectivity index (χ2n) is 11.5. The van der Waals surface area contributed by atoms with Crippen LogP contribution in [0.5, 0.6) is 0 Å². The van der Waals surface area contributed by atoms with Gasteiger partial charge in [-0.25, -0.2) is 0 Å². The van der Waals surface area contributed by atoms with Gasteiger partial charge in [0.25, 0.3) is 0 Å². The van der Waals surface area contributed by atoms with Gasteiger partial charge < -0.3 is 14.7 Å². The molecular weight excluding hydrogens is 422 g/mol. The lowest BCUT2D eigenvalue weighted by atomic mass is 9.77. The van der Waals surface area contributed by atoms with Gasteiger partial charge in [0, 0.05) is 6.61 Å². The minimum absolute atomic E-state index is 0.117. The summed E-state index contributed by atoms with van der Waals surface area (Å²) in [5, 5.41) is 9.02. The fourth-order valence-electron chi connectivity index (χ4n) is 6.21. The Balaban J connectivity index is 1.73. The second kappa shape index (κ2) is 17.8. The maximum Gasteiger partial charge on any atom is 0.309 e. The Labute approximate surface area is 211 Å². The highest BCUT2D eigenvalue weighted by molar-refractivity contribution is 5.72. The molecule has 200 valence electrons. The van der Waals surface area contributed by atoms with Crippen LogP contribution in [0.1, 0.15) is 142 Å². The molecule has 2 unspecified atom stereocenters. The van der Waals surface area contributed by atoms with E-state index in [0.717, 1.165) is 45.1 Å². The predicted molar refractivity (Wildman–Crippen MR) is 143 cm³/mol. The molecule has 1 aliphatic carbocycles. The van der Waals surface area contributed by atoms with E-state index in [-0.39, 0.29) is 18.0 Å². The predicted octanol–water partition coefficient (Wildman–Crippen LogP) is 7.66. The number of unbranched alkanes of at least 4 members (excludes halogenated alkanes) is 10.